The molecule has 144 valence electrons. The standard InChI is InChI=1S/C15H20F3N5O2S/c16-15(17,18)11-8-12(23-3-6-24-7-4-23)21-13(20-11)22-14(26)19-9-10-2-1-5-25-10/h8,10H,1-7,9H2,(H2,19,20,21,22,26)/t10-/m1/s1. The fourth-order valence-electron chi connectivity index (χ4n) is 2.75. The summed E-state index contributed by atoms with van der Waals surface area (Å²) in [6, 6.07) is 0.944. The van der Waals surface area contributed by atoms with Crippen molar-refractivity contribution in [3.63, 3.8) is 0 Å². The van der Waals surface area contributed by atoms with Crippen LogP contribution >= 0.6 is 12.2 Å². The molecule has 3 rings (SSSR count). The molecule has 2 N–H and O–H groups in total. The van der Waals surface area contributed by atoms with Gasteiger partial charge in [-0.1, -0.05) is 0 Å². The number of halogens is 3. The van der Waals surface area contributed by atoms with E-state index in [1.165, 1.54) is 0 Å². The SMILES string of the molecule is FC(F)(F)c1cc(N2CCOCC2)nc(NC(=S)NC[C@H]2CCCO2)n1. The van der Waals surface area contributed by atoms with Gasteiger partial charge in [-0.05, 0) is 25.1 Å². The molecule has 0 unspecified atom stereocenters. The topological polar surface area (TPSA) is 71.5 Å². The molecule has 2 aliphatic rings. The third kappa shape index (κ3) is 5.15. The average molecular weight is 391 g/mol. The Balaban J connectivity index is 1.70. The van der Waals surface area contributed by atoms with E-state index in [-0.39, 0.29) is 23.0 Å². The molecule has 3 heterocycles. The van der Waals surface area contributed by atoms with Crippen molar-refractivity contribution in [2.24, 2.45) is 0 Å². The summed E-state index contributed by atoms with van der Waals surface area (Å²) in [6.07, 6.45) is -2.60. The summed E-state index contributed by atoms with van der Waals surface area (Å²) in [5.41, 5.74) is -1.02. The molecule has 2 aliphatic heterocycles. The number of nitrogens with zero attached hydrogens (tertiary/aromatic N) is 3. The first kappa shape index (κ1) is 19.1. The van der Waals surface area contributed by atoms with Gasteiger partial charge in [0.15, 0.2) is 10.8 Å². The predicted molar refractivity (Wildman–Crippen MR) is 93.3 cm³/mol. The molecule has 2 saturated heterocycles. The summed E-state index contributed by atoms with van der Waals surface area (Å²) < 4.78 is 50.2. The van der Waals surface area contributed by atoms with Gasteiger partial charge in [-0.3, -0.25) is 0 Å². The van der Waals surface area contributed by atoms with Crippen LogP contribution in [0.2, 0.25) is 0 Å². The Hall–Kier alpha value is -1.72. The number of anilines is 2. The molecule has 1 aromatic heterocycles. The third-order valence-electron chi connectivity index (χ3n) is 4.08. The van der Waals surface area contributed by atoms with Gasteiger partial charge in [0, 0.05) is 32.3 Å². The van der Waals surface area contributed by atoms with E-state index in [0.29, 0.717) is 39.5 Å². The number of alkyl halides is 3. The average Bonchev–Trinajstić information content (AvgIpc) is 3.13. The maximum atomic E-state index is 13.2. The molecule has 0 amide bonds. The highest BCUT2D eigenvalue weighted by atomic mass is 32.1. The van der Waals surface area contributed by atoms with E-state index in [4.69, 9.17) is 21.7 Å². The third-order valence-corrected chi connectivity index (χ3v) is 4.32. The van der Waals surface area contributed by atoms with E-state index in [1.54, 1.807) is 4.90 Å². The van der Waals surface area contributed by atoms with E-state index in [9.17, 15) is 13.2 Å². The van der Waals surface area contributed by atoms with Crippen molar-refractivity contribution < 1.29 is 22.6 Å². The molecular formula is C15H20F3N5O2S. The molecular weight excluding hydrogens is 371 g/mol. The fraction of sp³-hybridized carbons (Fsp3) is 0.667. The van der Waals surface area contributed by atoms with Crippen LogP contribution in [0.3, 0.4) is 0 Å². The molecule has 1 atom stereocenters. The normalized spacial score (nSPS) is 20.9. The molecule has 0 aliphatic carbocycles. The minimum absolute atomic E-state index is 0.0566. The van der Waals surface area contributed by atoms with Gasteiger partial charge < -0.3 is 25.0 Å². The van der Waals surface area contributed by atoms with Gasteiger partial charge in [0.05, 0.1) is 19.3 Å². The van der Waals surface area contributed by atoms with Gasteiger partial charge in [-0.2, -0.15) is 18.2 Å². The maximum Gasteiger partial charge on any atom is 0.433 e. The molecule has 26 heavy (non-hydrogen) atoms. The highest BCUT2D eigenvalue weighted by Gasteiger charge is 2.34. The van der Waals surface area contributed by atoms with E-state index >= 15 is 0 Å². The van der Waals surface area contributed by atoms with E-state index in [0.717, 1.165) is 18.9 Å². The summed E-state index contributed by atoms with van der Waals surface area (Å²) >= 11 is 5.13. The first-order chi connectivity index (χ1) is 12.4. The Kier molecular flexibility index (Phi) is 6.09. The Bertz CT molecular complexity index is 634. The van der Waals surface area contributed by atoms with Crippen molar-refractivity contribution in [1.82, 2.24) is 15.3 Å². The van der Waals surface area contributed by atoms with Crippen molar-refractivity contribution in [1.29, 1.82) is 0 Å². The van der Waals surface area contributed by atoms with Crippen molar-refractivity contribution >= 4 is 29.1 Å². The zero-order chi connectivity index (χ0) is 18.6. The van der Waals surface area contributed by atoms with Crippen molar-refractivity contribution in [2.45, 2.75) is 25.1 Å². The maximum absolute atomic E-state index is 13.2. The quantitative estimate of drug-likeness (QED) is 0.753. The number of hydrogen-bond acceptors (Lipinski definition) is 6. The number of nitrogens with one attached hydrogen (secondary N) is 2. The van der Waals surface area contributed by atoms with E-state index in [1.807, 2.05) is 0 Å². The van der Waals surface area contributed by atoms with Crippen LogP contribution in [0.1, 0.15) is 18.5 Å². The van der Waals surface area contributed by atoms with Crippen LogP contribution in [0, 0.1) is 0 Å². The highest BCUT2D eigenvalue weighted by Crippen LogP contribution is 2.30. The van der Waals surface area contributed by atoms with Crippen LogP contribution in [-0.4, -0.2) is 60.6 Å². The van der Waals surface area contributed by atoms with Crippen molar-refractivity contribution in [3.8, 4) is 0 Å². The van der Waals surface area contributed by atoms with Gasteiger partial charge in [0.2, 0.25) is 5.95 Å². The van der Waals surface area contributed by atoms with Crippen molar-refractivity contribution in [2.75, 3.05) is 49.7 Å². The number of hydrogen-bond donors (Lipinski definition) is 2. The largest absolute Gasteiger partial charge is 0.433 e. The fourth-order valence-corrected chi connectivity index (χ4v) is 2.92. The Morgan fingerprint density at radius 2 is 2.04 bits per heavy atom. The van der Waals surface area contributed by atoms with Crippen LogP contribution in [-0.2, 0) is 15.7 Å². The number of morpholine rings is 1. The first-order valence-electron chi connectivity index (χ1n) is 8.37. The molecule has 0 bridgehead atoms. The highest BCUT2D eigenvalue weighted by molar-refractivity contribution is 7.80. The summed E-state index contributed by atoms with van der Waals surface area (Å²) in [4.78, 5) is 9.47. The second-order valence-corrected chi connectivity index (χ2v) is 6.41. The molecule has 0 spiro atoms. The van der Waals surface area contributed by atoms with E-state index < -0.39 is 11.9 Å². The smallest absolute Gasteiger partial charge is 0.378 e. The second-order valence-electron chi connectivity index (χ2n) is 6.00. The van der Waals surface area contributed by atoms with Crippen LogP contribution < -0.4 is 15.5 Å². The van der Waals surface area contributed by atoms with Gasteiger partial charge >= 0.3 is 6.18 Å². The van der Waals surface area contributed by atoms with Gasteiger partial charge in [-0.25, -0.2) is 4.98 Å². The summed E-state index contributed by atoms with van der Waals surface area (Å²) in [5.74, 6) is 0.00575. The summed E-state index contributed by atoms with van der Waals surface area (Å²) in [6.45, 7) is 3.02. The summed E-state index contributed by atoms with van der Waals surface area (Å²) in [7, 11) is 0. The number of ether oxygens (including phenoxy) is 2. The molecule has 0 aromatic carbocycles. The van der Waals surface area contributed by atoms with Gasteiger partial charge in [0.25, 0.3) is 0 Å². The lowest BCUT2D eigenvalue weighted by Crippen LogP contribution is -2.38. The summed E-state index contributed by atoms with van der Waals surface area (Å²) in [5, 5.41) is 5.73. The number of rotatable bonds is 4. The van der Waals surface area contributed by atoms with Crippen LogP contribution in [0.15, 0.2) is 6.07 Å². The van der Waals surface area contributed by atoms with Gasteiger partial charge in [0.1, 0.15) is 5.82 Å². The molecule has 0 radical (unpaired) electrons. The van der Waals surface area contributed by atoms with Crippen LogP contribution in [0.5, 0.6) is 0 Å². The lowest BCUT2D eigenvalue weighted by atomic mass is 10.2. The first-order valence-corrected chi connectivity index (χ1v) is 8.78. The number of aromatic nitrogens is 2. The lowest BCUT2D eigenvalue weighted by Gasteiger charge is -2.28. The van der Waals surface area contributed by atoms with Crippen LogP contribution in [0.25, 0.3) is 0 Å². The van der Waals surface area contributed by atoms with Crippen LogP contribution in [0.4, 0.5) is 24.9 Å². The Morgan fingerprint density at radius 3 is 2.69 bits per heavy atom. The zero-order valence-electron chi connectivity index (χ0n) is 14.0. The molecule has 7 nitrogen and oxygen atoms in total. The minimum Gasteiger partial charge on any atom is -0.378 e. The molecule has 2 fully saturated rings. The zero-order valence-corrected chi connectivity index (χ0v) is 14.8. The number of thiocarbonyl (C=S) groups is 1. The molecule has 1 aromatic rings. The minimum atomic E-state index is -4.58. The molecule has 0 saturated carbocycles. The molecule has 11 heteroatoms. The second kappa shape index (κ2) is 8.31. The monoisotopic (exact) mass is 391 g/mol. The Labute approximate surface area is 154 Å². The van der Waals surface area contributed by atoms with E-state index in [2.05, 4.69) is 20.6 Å². The van der Waals surface area contributed by atoms with Gasteiger partial charge in [-0.15, -0.1) is 0 Å². The van der Waals surface area contributed by atoms with Crippen molar-refractivity contribution in [3.05, 3.63) is 11.8 Å². The lowest BCUT2D eigenvalue weighted by molar-refractivity contribution is -0.141. The Morgan fingerprint density at radius 1 is 1.27 bits per heavy atom. The predicted octanol–water partition coefficient (Wildman–Crippen LogP) is 1.80.